The standard InChI is InChI=1S/C18H18N2O4/c1-13-3-2-4-15(9-13)24-12-18(21)20-19-11-14-5-6-16-17(10-14)23-8-7-22-16/h2-6,9-11H,7-8,12H2,1H3,(H,20,21)/b19-11+. The molecule has 0 aliphatic carbocycles. The van der Waals surface area contributed by atoms with Gasteiger partial charge in [0.15, 0.2) is 18.1 Å². The molecule has 0 unspecified atom stereocenters. The maximum atomic E-state index is 11.7. The second-order valence-corrected chi connectivity index (χ2v) is 5.30. The van der Waals surface area contributed by atoms with Crippen molar-refractivity contribution in [2.45, 2.75) is 6.92 Å². The van der Waals surface area contributed by atoms with Crippen LogP contribution in [0.5, 0.6) is 17.2 Å². The molecule has 24 heavy (non-hydrogen) atoms. The molecule has 1 heterocycles. The monoisotopic (exact) mass is 326 g/mol. The summed E-state index contributed by atoms with van der Waals surface area (Å²) >= 11 is 0. The van der Waals surface area contributed by atoms with Crippen LogP contribution in [0.25, 0.3) is 0 Å². The molecule has 0 spiro atoms. The molecule has 0 bridgehead atoms. The van der Waals surface area contributed by atoms with Gasteiger partial charge in [0.2, 0.25) is 0 Å². The SMILES string of the molecule is Cc1cccc(OCC(=O)N/N=C/c2ccc3c(c2)OCCO3)c1. The van der Waals surface area contributed by atoms with Gasteiger partial charge in [-0.1, -0.05) is 12.1 Å². The number of hydrazone groups is 1. The van der Waals surface area contributed by atoms with Crippen LogP contribution in [0.2, 0.25) is 0 Å². The van der Waals surface area contributed by atoms with E-state index in [1.165, 1.54) is 0 Å². The van der Waals surface area contributed by atoms with Crippen LogP contribution in [0, 0.1) is 6.92 Å². The molecule has 1 N–H and O–H groups in total. The normalized spacial score (nSPS) is 12.9. The second kappa shape index (κ2) is 7.50. The lowest BCUT2D eigenvalue weighted by atomic mass is 10.2. The van der Waals surface area contributed by atoms with Crippen molar-refractivity contribution in [3.63, 3.8) is 0 Å². The van der Waals surface area contributed by atoms with Crippen molar-refractivity contribution in [2.24, 2.45) is 5.10 Å². The Morgan fingerprint density at radius 2 is 2.04 bits per heavy atom. The van der Waals surface area contributed by atoms with Crippen LogP contribution < -0.4 is 19.6 Å². The number of carbonyl (C=O) groups is 1. The number of nitrogens with one attached hydrogen (secondary N) is 1. The van der Waals surface area contributed by atoms with Gasteiger partial charge in [-0.3, -0.25) is 4.79 Å². The average Bonchev–Trinajstić information content (AvgIpc) is 2.60. The summed E-state index contributed by atoms with van der Waals surface area (Å²) in [6.07, 6.45) is 1.54. The van der Waals surface area contributed by atoms with Gasteiger partial charge < -0.3 is 14.2 Å². The number of carbonyl (C=O) groups excluding carboxylic acids is 1. The molecule has 1 aliphatic heterocycles. The van der Waals surface area contributed by atoms with E-state index in [-0.39, 0.29) is 12.5 Å². The van der Waals surface area contributed by atoms with Crippen molar-refractivity contribution in [3.8, 4) is 17.2 Å². The summed E-state index contributed by atoms with van der Waals surface area (Å²) in [5, 5.41) is 3.92. The molecule has 6 heteroatoms. The number of hydrogen-bond donors (Lipinski definition) is 1. The Balaban J connectivity index is 1.49. The number of aryl methyl sites for hydroxylation is 1. The van der Waals surface area contributed by atoms with Gasteiger partial charge >= 0.3 is 0 Å². The zero-order chi connectivity index (χ0) is 16.8. The Bertz CT molecular complexity index is 758. The summed E-state index contributed by atoms with van der Waals surface area (Å²) in [6.45, 7) is 2.95. The number of rotatable bonds is 5. The number of benzene rings is 2. The van der Waals surface area contributed by atoms with E-state index >= 15 is 0 Å². The fourth-order valence-corrected chi connectivity index (χ4v) is 2.21. The molecule has 6 nitrogen and oxygen atoms in total. The molecule has 2 aromatic carbocycles. The van der Waals surface area contributed by atoms with Gasteiger partial charge in [-0.25, -0.2) is 5.43 Å². The van der Waals surface area contributed by atoms with E-state index in [9.17, 15) is 4.79 Å². The first-order valence-electron chi connectivity index (χ1n) is 7.62. The maximum absolute atomic E-state index is 11.7. The Morgan fingerprint density at radius 3 is 2.88 bits per heavy atom. The smallest absolute Gasteiger partial charge is 0.277 e. The molecule has 0 fully saturated rings. The Labute approximate surface area is 140 Å². The summed E-state index contributed by atoms with van der Waals surface area (Å²) in [4.78, 5) is 11.7. The largest absolute Gasteiger partial charge is 0.486 e. The van der Waals surface area contributed by atoms with E-state index in [1.54, 1.807) is 12.3 Å². The van der Waals surface area contributed by atoms with Crippen LogP contribution in [-0.2, 0) is 4.79 Å². The summed E-state index contributed by atoms with van der Waals surface area (Å²) in [6, 6.07) is 13.0. The van der Waals surface area contributed by atoms with E-state index in [2.05, 4.69) is 10.5 Å². The molecule has 0 saturated heterocycles. The zero-order valence-electron chi connectivity index (χ0n) is 13.3. The first-order valence-corrected chi connectivity index (χ1v) is 7.62. The molecule has 124 valence electrons. The predicted octanol–water partition coefficient (Wildman–Crippen LogP) is 2.30. The van der Waals surface area contributed by atoms with Crippen LogP contribution in [0.3, 0.4) is 0 Å². The summed E-state index contributed by atoms with van der Waals surface area (Å²) in [7, 11) is 0. The van der Waals surface area contributed by atoms with Gasteiger partial charge in [-0.15, -0.1) is 0 Å². The van der Waals surface area contributed by atoms with Gasteiger partial charge in [-0.05, 0) is 48.4 Å². The summed E-state index contributed by atoms with van der Waals surface area (Å²) < 4.78 is 16.3. The average molecular weight is 326 g/mol. The van der Waals surface area contributed by atoms with Crippen LogP contribution in [0.1, 0.15) is 11.1 Å². The van der Waals surface area contributed by atoms with E-state index in [0.29, 0.717) is 30.5 Å². The Morgan fingerprint density at radius 1 is 1.21 bits per heavy atom. The Hall–Kier alpha value is -3.02. The van der Waals surface area contributed by atoms with Gasteiger partial charge in [0.1, 0.15) is 19.0 Å². The minimum Gasteiger partial charge on any atom is -0.486 e. The molecule has 1 aliphatic rings. The lowest BCUT2D eigenvalue weighted by molar-refractivity contribution is -0.123. The fourth-order valence-electron chi connectivity index (χ4n) is 2.21. The third kappa shape index (κ3) is 4.25. The van der Waals surface area contributed by atoms with Gasteiger partial charge in [0, 0.05) is 0 Å². The first kappa shape index (κ1) is 15.9. The van der Waals surface area contributed by atoms with Crippen LogP contribution >= 0.6 is 0 Å². The first-order chi connectivity index (χ1) is 11.7. The van der Waals surface area contributed by atoms with Crippen molar-refractivity contribution in [2.75, 3.05) is 19.8 Å². The molecular formula is C18H18N2O4. The number of nitrogens with zero attached hydrogens (tertiary/aromatic N) is 1. The van der Waals surface area contributed by atoms with Crippen molar-refractivity contribution in [1.29, 1.82) is 0 Å². The molecule has 1 amide bonds. The highest BCUT2D eigenvalue weighted by molar-refractivity contribution is 5.83. The number of fused-ring (bicyclic) bond motifs is 1. The molecule has 0 atom stereocenters. The molecular weight excluding hydrogens is 308 g/mol. The lowest BCUT2D eigenvalue weighted by Crippen LogP contribution is -2.24. The van der Waals surface area contributed by atoms with E-state index in [1.807, 2.05) is 43.3 Å². The van der Waals surface area contributed by atoms with Crippen LogP contribution in [0.15, 0.2) is 47.6 Å². The zero-order valence-corrected chi connectivity index (χ0v) is 13.3. The Kier molecular flexibility index (Phi) is 4.96. The topological polar surface area (TPSA) is 69.2 Å². The lowest BCUT2D eigenvalue weighted by Gasteiger charge is -2.18. The molecule has 2 aromatic rings. The van der Waals surface area contributed by atoms with E-state index in [0.717, 1.165) is 11.1 Å². The van der Waals surface area contributed by atoms with Crippen molar-refractivity contribution in [3.05, 3.63) is 53.6 Å². The summed E-state index contributed by atoms with van der Waals surface area (Å²) in [5.74, 6) is 1.72. The number of amides is 1. The molecule has 0 aromatic heterocycles. The van der Waals surface area contributed by atoms with E-state index in [4.69, 9.17) is 14.2 Å². The van der Waals surface area contributed by atoms with Crippen molar-refractivity contribution in [1.82, 2.24) is 5.43 Å². The quantitative estimate of drug-likeness (QED) is 0.676. The molecule has 3 rings (SSSR count). The van der Waals surface area contributed by atoms with Gasteiger partial charge in [0.05, 0.1) is 6.21 Å². The third-order valence-electron chi connectivity index (χ3n) is 3.33. The summed E-state index contributed by atoms with van der Waals surface area (Å²) in [5.41, 5.74) is 4.31. The number of ether oxygens (including phenoxy) is 3. The number of hydrogen-bond acceptors (Lipinski definition) is 5. The van der Waals surface area contributed by atoms with Crippen molar-refractivity contribution >= 4 is 12.1 Å². The highest BCUT2D eigenvalue weighted by atomic mass is 16.6. The maximum Gasteiger partial charge on any atom is 0.277 e. The highest BCUT2D eigenvalue weighted by Gasteiger charge is 2.10. The fraction of sp³-hybridized carbons (Fsp3) is 0.222. The van der Waals surface area contributed by atoms with Gasteiger partial charge in [0.25, 0.3) is 5.91 Å². The van der Waals surface area contributed by atoms with Gasteiger partial charge in [-0.2, -0.15) is 5.10 Å². The second-order valence-electron chi connectivity index (χ2n) is 5.30. The van der Waals surface area contributed by atoms with E-state index < -0.39 is 0 Å². The molecule has 0 saturated carbocycles. The van der Waals surface area contributed by atoms with Crippen LogP contribution in [-0.4, -0.2) is 31.9 Å². The minimum atomic E-state index is -0.328. The minimum absolute atomic E-state index is 0.0953. The van der Waals surface area contributed by atoms with Crippen molar-refractivity contribution < 1.29 is 19.0 Å². The predicted molar refractivity (Wildman–Crippen MR) is 89.8 cm³/mol. The third-order valence-corrected chi connectivity index (χ3v) is 3.33. The van der Waals surface area contributed by atoms with Crippen LogP contribution in [0.4, 0.5) is 0 Å². The highest BCUT2D eigenvalue weighted by Crippen LogP contribution is 2.30. The molecule has 0 radical (unpaired) electrons.